The van der Waals surface area contributed by atoms with Crippen molar-refractivity contribution in [2.24, 2.45) is 0 Å². The molecule has 17 heavy (non-hydrogen) atoms. The Morgan fingerprint density at radius 3 is 2.82 bits per heavy atom. The first-order valence-electron chi connectivity index (χ1n) is 6.73. The van der Waals surface area contributed by atoms with Crippen LogP contribution in [0.15, 0.2) is 12.7 Å². The lowest BCUT2D eigenvalue weighted by molar-refractivity contribution is 0.709. The van der Waals surface area contributed by atoms with E-state index in [1.165, 1.54) is 37.9 Å². The molecule has 1 aromatic rings. The number of aryl methyl sites for hydroxylation is 1. The Balaban J connectivity index is 2.15. The number of nitrogens with two attached hydrogens (primary N) is 1. The molecule has 2 rings (SSSR count). The van der Waals surface area contributed by atoms with E-state index < -0.39 is 0 Å². The van der Waals surface area contributed by atoms with Crippen LogP contribution in [-0.2, 0) is 13.0 Å². The van der Waals surface area contributed by atoms with Gasteiger partial charge in [-0.25, -0.2) is 4.98 Å². The standard InChI is InChI=1S/C14H23N3/c1-3-5-6-7-12-13(15)17(10-4-2)14(16-12)11-8-9-11/h4,11H,2-3,5-10,15H2,1H3. The van der Waals surface area contributed by atoms with Crippen LogP contribution in [0.5, 0.6) is 0 Å². The summed E-state index contributed by atoms with van der Waals surface area (Å²) in [7, 11) is 0. The molecule has 1 aromatic heterocycles. The maximum absolute atomic E-state index is 6.19. The Bertz CT molecular complexity index is 388. The number of aromatic nitrogens is 2. The summed E-state index contributed by atoms with van der Waals surface area (Å²) in [6.07, 6.45) is 9.14. The van der Waals surface area contributed by atoms with Gasteiger partial charge in [0.2, 0.25) is 0 Å². The maximum Gasteiger partial charge on any atom is 0.127 e. The summed E-state index contributed by atoms with van der Waals surface area (Å²) >= 11 is 0. The van der Waals surface area contributed by atoms with Crippen molar-refractivity contribution in [3.63, 3.8) is 0 Å². The zero-order valence-electron chi connectivity index (χ0n) is 10.8. The molecule has 0 amide bonds. The molecule has 0 atom stereocenters. The van der Waals surface area contributed by atoms with E-state index in [4.69, 9.17) is 10.7 Å². The molecule has 94 valence electrons. The van der Waals surface area contributed by atoms with Gasteiger partial charge in [-0.05, 0) is 25.7 Å². The van der Waals surface area contributed by atoms with Crippen LogP contribution in [0.3, 0.4) is 0 Å². The van der Waals surface area contributed by atoms with Crippen LogP contribution in [0.4, 0.5) is 5.82 Å². The second kappa shape index (κ2) is 5.39. The molecule has 0 unspecified atom stereocenters. The summed E-state index contributed by atoms with van der Waals surface area (Å²) in [5.41, 5.74) is 7.29. The quantitative estimate of drug-likeness (QED) is 0.580. The van der Waals surface area contributed by atoms with Crippen molar-refractivity contribution in [3.8, 4) is 0 Å². The van der Waals surface area contributed by atoms with Gasteiger partial charge in [0, 0.05) is 12.5 Å². The highest BCUT2D eigenvalue weighted by atomic mass is 15.1. The molecular formula is C14H23N3. The van der Waals surface area contributed by atoms with E-state index in [1.807, 2.05) is 6.08 Å². The first-order chi connectivity index (χ1) is 8.27. The smallest absolute Gasteiger partial charge is 0.127 e. The van der Waals surface area contributed by atoms with Gasteiger partial charge in [0.05, 0.1) is 5.69 Å². The summed E-state index contributed by atoms with van der Waals surface area (Å²) < 4.78 is 2.14. The number of allylic oxidation sites excluding steroid dienone is 1. The van der Waals surface area contributed by atoms with Crippen LogP contribution in [-0.4, -0.2) is 9.55 Å². The van der Waals surface area contributed by atoms with Gasteiger partial charge in [-0.1, -0.05) is 25.8 Å². The second-order valence-electron chi connectivity index (χ2n) is 4.93. The fraction of sp³-hybridized carbons (Fsp3) is 0.643. The molecule has 1 aliphatic carbocycles. The zero-order valence-corrected chi connectivity index (χ0v) is 10.8. The third kappa shape index (κ3) is 2.71. The van der Waals surface area contributed by atoms with Crippen molar-refractivity contribution in [3.05, 3.63) is 24.2 Å². The van der Waals surface area contributed by atoms with Gasteiger partial charge in [-0.3, -0.25) is 0 Å². The van der Waals surface area contributed by atoms with Gasteiger partial charge in [0.15, 0.2) is 0 Å². The predicted molar refractivity (Wildman–Crippen MR) is 72.0 cm³/mol. The fourth-order valence-corrected chi connectivity index (χ4v) is 2.24. The van der Waals surface area contributed by atoms with Crippen molar-refractivity contribution >= 4 is 5.82 Å². The Labute approximate surface area is 104 Å². The number of anilines is 1. The first-order valence-corrected chi connectivity index (χ1v) is 6.73. The summed E-state index contributed by atoms with van der Waals surface area (Å²) in [6.45, 7) is 6.81. The molecule has 1 fully saturated rings. The molecule has 0 aliphatic heterocycles. The van der Waals surface area contributed by atoms with Crippen LogP contribution >= 0.6 is 0 Å². The summed E-state index contributed by atoms with van der Waals surface area (Å²) in [5, 5.41) is 0. The van der Waals surface area contributed by atoms with E-state index in [9.17, 15) is 0 Å². The summed E-state index contributed by atoms with van der Waals surface area (Å²) in [4.78, 5) is 4.75. The average molecular weight is 233 g/mol. The maximum atomic E-state index is 6.19. The number of nitrogen functional groups attached to an aromatic ring is 1. The lowest BCUT2D eigenvalue weighted by atomic mass is 10.1. The van der Waals surface area contributed by atoms with E-state index in [0.29, 0.717) is 5.92 Å². The SMILES string of the molecule is C=CCn1c(C2CC2)nc(CCCCC)c1N. The highest BCUT2D eigenvalue weighted by Crippen LogP contribution is 2.40. The molecule has 0 bridgehead atoms. The largest absolute Gasteiger partial charge is 0.384 e. The van der Waals surface area contributed by atoms with Gasteiger partial charge in [0.1, 0.15) is 11.6 Å². The van der Waals surface area contributed by atoms with Crippen LogP contribution in [0.25, 0.3) is 0 Å². The van der Waals surface area contributed by atoms with Gasteiger partial charge in [-0.2, -0.15) is 0 Å². The fourth-order valence-electron chi connectivity index (χ4n) is 2.24. The van der Waals surface area contributed by atoms with Crippen LogP contribution < -0.4 is 5.73 Å². The van der Waals surface area contributed by atoms with Crippen molar-refractivity contribution in [1.29, 1.82) is 0 Å². The molecule has 0 saturated heterocycles. The van der Waals surface area contributed by atoms with E-state index in [-0.39, 0.29) is 0 Å². The lowest BCUT2D eigenvalue weighted by Crippen LogP contribution is -2.05. The number of hydrogen-bond donors (Lipinski definition) is 1. The van der Waals surface area contributed by atoms with Gasteiger partial charge in [-0.15, -0.1) is 6.58 Å². The minimum absolute atomic E-state index is 0.650. The van der Waals surface area contributed by atoms with E-state index >= 15 is 0 Å². The Morgan fingerprint density at radius 1 is 1.47 bits per heavy atom. The Kier molecular flexibility index (Phi) is 3.87. The monoisotopic (exact) mass is 233 g/mol. The molecule has 0 radical (unpaired) electrons. The first kappa shape index (κ1) is 12.2. The summed E-state index contributed by atoms with van der Waals surface area (Å²) in [6, 6.07) is 0. The van der Waals surface area contributed by atoms with Crippen LogP contribution in [0.2, 0.25) is 0 Å². The topological polar surface area (TPSA) is 43.8 Å². The molecule has 3 heteroatoms. The number of unbranched alkanes of at least 4 members (excludes halogenated alkanes) is 2. The molecule has 0 spiro atoms. The molecule has 1 aliphatic rings. The zero-order chi connectivity index (χ0) is 12.3. The normalized spacial score (nSPS) is 15.1. The minimum atomic E-state index is 0.650. The van der Waals surface area contributed by atoms with E-state index in [1.54, 1.807) is 0 Å². The number of hydrogen-bond acceptors (Lipinski definition) is 2. The van der Waals surface area contributed by atoms with Crippen molar-refractivity contribution < 1.29 is 0 Å². The highest BCUT2D eigenvalue weighted by Gasteiger charge is 2.30. The van der Waals surface area contributed by atoms with Gasteiger partial charge < -0.3 is 10.3 Å². The van der Waals surface area contributed by atoms with Crippen LogP contribution in [0.1, 0.15) is 56.5 Å². The summed E-state index contributed by atoms with van der Waals surface area (Å²) in [5.74, 6) is 2.70. The average Bonchev–Trinajstić information content (AvgIpc) is 3.11. The van der Waals surface area contributed by atoms with Crippen LogP contribution in [0, 0.1) is 0 Å². The third-order valence-electron chi connectivity index (χ3n) is 3.38. The number of imidazole rings is 1. The van der Waals surface area contributed by atoms with Gasteiger partial charge in [0.25, 0.3) is 0 Å². The molecule has 1 saturated carbocycles. The number of nitrogens with zero attached hydrogens (tertiary/aromatic N) is 2. The van der Waals surface area contributed by atoms with Gasteiger partial charge >= 0.3 is 0 Å². The minimum Gasteiger partial charge on any atom is -0.384 e. The van der Waals surface area contributed by atoms with E-state index in [0.717, 1.165) is 24.5 Å². The Morgan fingerprint density at radius 2 is 2.24 bits per heavy atom. The van der Waals surface area contributed by atoms with E-state index in [2.05, 4.69) is 18.1 Å². The van der Waals surface area contributed by atoms with Crippen molar-refractivity contribution in [2.45, 2.75) is 57.9 Å². The van der Waals surface area contributed by atoms with Crippen molar-refractivity contribution in [1.82, 2.24) is 9.55 Å². The molecular weight excluding hydrogens is 210 g/mol. The van der Waals surface area contributed by atoms with Crippen molar-refractivity contribution in [2.75, 3.05) is 5.73 Å². The predicted octanol–water partition coefficient (Wildman–Crippen LogP) is 3.26. The number of rotatable bonds is 7. The third-order valence-corrected chi connectivity index (χ3v) is 3.38. The highest BCUT2D eigenvalue weighted by molar-refractivity contribution is 5.40. The molecule has 1 heterocycles. The molecule has 2 N–H and O–H groups in total. The lowest BCUT2D eigenvalue weighted by Gasteiger charge is -2.05. The molecule has 0 aromatic carbocycles. The Hall–Kier alpha value is -1.25. The second-order valence-corrected chi connectivity index (χ2v) is 4.93. The molecule has 3 nitrogen and oxygen atoms in total.